The first-order chi connectivity index (χ1) is 10.2. The zero-order valence-electron chi connectivity index (χ0n) is 14.0. The lowest BCUT2D eigenvalue weighted by Crippen LogP contribution is -2.48. The van der Waals surface area contributed by atoms with Crippen LogP contribution in [0, 0.1) is 17.2 Å². The molecule has 1 N–H and O–H groups in total. The quantitative estimate of drug-likeness (QED) is 0.777. The summed E-state index contributed by atoms with van der Waals surface area (Å²) in [5.41, 5.74) is -0.295. The molecule has 2 rings (SSSR count). The summed E-state index contributed by atoms with van der Waals surface area (Å²) in [5, 5.41) is 12.9. The minimum absolute atomic E-state index is 0.295. The Morgan fingerprint density at radius 3 is 2.67 bits per heavy atom. The third-order valence-electron chi connectivity index (χ3n) is 5.74. The van der Waals surface area contributed by atoms with Crippen molar-refractivity contribution in [2.75, 3.05) is 19.6 Å². The van der Waals surface area contributed by atoms with Gasteiger partial charge in [0.25, 0.3) is 0 Å². The molecule has 0 amide bonds. The molecule has 21 heavy (non-hydrogen) atoms. The highest BCUT2D eigenvalue weighted by Crippen LogP contribution is 2.35. The zero-order chi connectivity index (χ0) is 15.1. The van der Waals surface area contributed by atoms with Gasteiger partial charge in [0.1, 0.15) is 5.54 Å². The maximum absolute atomic E-state index is 9.51. The number of nitrogens with zero attached hydrogens (tertiary/aromatic N) is 2. The predicted octanol–water partition coefficient (Wildman–Crippen LogP) is 3.70. The van der Waals surface area contributed by atoms with E-state index in [9.17, 15) is 5.26 Å². The predicted molar refractivity (Wildman–Crippen MR) is 88.1 cm³/mol. The molecular formula is C18H33N3. The second kappa shape index (κ2) is 8.15. The van der Waals surface area contributed by atoms with Crippen LogP contribution in [0.5, 0.6) is 0 Å². The average molecular weight is 291 g/mol. The van der Waals surface area contributed by atoms with Crippen LogP contribution in [0.15, 0.2) is 0 Å². The fourth-order valence-corrected chi connectivity index (χ4v) is 4.49. The Balaban J connectivity index is 1.83. The standard InChI is InChI=1S/C18H33N3/c1-3-18(15-19,20-4-2)12-8-14-21-13-7-10-16-9-5-6-11-17(16)21/h16-17,20H,3-14H2,1-2H3. The van der Waals surface area contributed by atoms with Crippen molar-refractivity contribution >= 4 is 0 Å². The monoisotopic (exact) mass is 291 g/mol. The van der Waals surface area contributed by atoms with Crippen molar-refractivity contribution in [3.8, 4) is 6.07 Å². The van der Waals surface area contributed by atoms with Crippen LogP contribution in [0.25, 0.3) is 0 Å². The van der Waals surface area contributed by atoms with Gasteiger partial charge < -0.3 is 4.90 Å². The minimum Gasteiger partial charge on any atom is -0.300 e. The van der Waals surface area contributed by atoms with Gasteiger partial charge in [0, 0.05) is 6.04 Å². The van der Waals surface area contributed by atoms with Crippen molar-refractivity contribution in [1.82, 2.24) is 10.2 Å². The summed E-state index contributed by atoms with van der Waals surface area (Å²) in [6.07, 6.45) is 11.6. The Hall–Kier alpha value is -0.590. The molecule has 3 atom stereocenters. The van der Waals surface area contributed by atoms with Crippen molar-refractivity contribution in [3.63, 3.8) is 0 Å². The van der Waals surface area contributed by atoms with Gasteiger partial charge in [0.2, 0.25) is 0 Å². The lowest BCUT2D eigenvalue weighted by molar-refractivity contribution is 0.0583. The van der Waals surface area contributed by atoms with Gasteiger partial charge in [-0.1, -0.05) is 26.7 Å². The number of nitrogens with one attached hydrogen (secondary N) is 1. The van der Waals surface area contributed by atoms with Crippen LogP contribution >= 0.6 is 0 Å². The smallest absolute Gasteiger partial charge is 0.106 e. The first-order valence-electron chi connectivity index (χ1n) is 9.15. The van der Waals surface area contributed by atoms with Gasteiger partial charge in [-0.2, -0.15) is 5.26 Å². The number of fused-ring (bicyclic) bond motifs is 1. The molecule has 1 saturated heterocycles. The van der Waals surface area contributed by atoms with Crippen LogP contribution in [0.1, 0.15) is 71.6 Å². The first-order valence-corrected chi connectivity index (χ1v) is 9.15. The molecule has 2 fully saturated rings. The van der Waals surface area contributed by atoms with Gasteiger partial charge in [-0.15, -0.1) is 0 Å². The molecule has 0 aromatic carbocycles. The van der Waals surface area contributed by atoms with E-state index in [4.69, 9.17) is 0 Å². The molecule has 2 aliphatic rings. The van der Waals surface area contributed by atoms with Crippen molar-refractivity contribution in [2.45, 2.75) is 83.2 Å². The molecule has 1 saturated carbocycles. The third kappa shape index (κ3) is 4.20. The van der Waals surface area contributed by atoms with Crippen LogP contribution in [-0.4, -0.2) is 36.1 Å². The zero-order valence-corrected chi connectivity index (χ0v) is 14.0. The summed E-state index contributed by atoms with van der Waals surface area (Å²) in [5.74, 6) is 0.966. The molecule has 0 aromatic rings. The van der Waals surface area contributed by atoms with E-state index in [1.165, 1.54) is 51.6 Å². The number of likely N-dealkylation sites (tertiary alicyclic amines) is 1. The summed E-state index contributed by atoms with van der Waals surface area (Å²) < 4.78 is 0. The van der Waals surface area contributed by atoms with Gasteiger partial charge >= 0.3 is 0 Å². The first kappa shape index (κ1) is 16.8. The fraction of sp³-hybridized carbons (Fsp3) is 0.944. The van der Waals surface area contributed by atoms with E-state index < -0.39 is 0 Å². The van der Waals surface area contributed by atoms with Gasteiger partial charge in [-0.3, -0.25) is 5.32 Å². The van der Waals surface area contributed by atoms with Crippen LogP contribution in [0.2, 0.25) is 0 Å². The summed E-state index contributed by atoms with van der Waals surface area (Å²) >= 11 is 0. The number of rotatable bonds is 7. The molecule has 0 bridgehead atoms. The Bertz CT molecular complexity index is 347. The van der Waals surface area contributed by atoms with Crippen molar-refractivity contribution in [3.05, 3.63) is 0 Å². The summed E-state index contributed by atoms with van der Waals surface area (Å²) in [6, 6.07) is 3.38. The highest BCUT2D eigenvalue weighted by Gasteiger charge is 2.33. The van der Waals surface area contributed by atoms with E-state index in [0.29, 0.717) is 0 Å². The van der Waals surface area contributed by atoms with E-state index in [1.54, 1.807) is 0 Å². The maximum atomic E-state index is 9.51. The summed E-state index contributed by atoms with van der Waals surface area (Å²) in [4.78, 5) is 2.75. The summed E-state index contributed by atoms with van der Waals surface area (Å²) in [6.45, 7) is 7.59. The second-order valence-corrected chi connectivity index (χ2v) is 6.97. The number of hydrogen-bond acceptors (Lipinski definition) is 3. The molecule has 3 heteroatoms. The van der Waals surface area contributed by atoms with Crippen LogP contribution < -0.4 is 5.32 Å². The van der Waals surface area contributed by atoms with Crippen molar-refractivity contribution < 1.29 is 0 Å². The topological polar surface area (TPSA) is 39.1 Å². The largest absolute Gasteiger partial charge is 0.300 e. The number of hydrogen-bond donors (Lipinski definition) is 1. The molecule has 1 aliphatic carbocycles. The molecule has 1 heterocycles. The van der Waals surface area contributed by atoms with Gasteiger partial charge in [0.15, 0.2) is 0 Å². The van der Waals surface area contributed by atoms with E-state index in [1.807, 2.05) is 0 Å². The lowest BCUT2D eigenvalue weighted by atomic mass is 9.78. The normalized spacial score (nSPS) is 29.4. The van der Waals surface area contributed by atoms with Crippen LogP contribution in [-0.2, 0) is 0 Å². The van der Waals surface area contributed by atoms with Gasteiger partial charge in [-0.25, -0.2) is 0 Å². The number of nitriles is 1. The molecule has 3 unspecified atom stereocenters. The van der Waals surface area contributed by atoms with Crippen LogP contribution in [0.4, 0.5) is 0 Å². The highest BCUT2D eigenvalue weighted by atomic mass is 15.2. The SMILES string of the molecule is CCNC(C#N)(CC)CCCN1CCCC2CCCCC21. The molecule has 120 valence electrons. The molecule has 0 aromatic heterocycles. The van der Waals surface area contributed by atoms with E-state index in [-0.39, 0.29) is 5.54 Å². The highest BCUT2D eigenvalue weighted by molar-refractivity contribution is 5.06. The van der Waals surface area contributed by atoms with E-state index in [0.717, 1.165) is 37.8 Å². The average Bonchev–Trinajstić information content (AvgIpc) is 2.54. The molecular weight excluding hydrogens is 258 g/mol. The van der Waals surface area contributed by atoms with Crippen molar-refractivity contribution in [2.24, 2.45) is 5.92 Å². The number of piperidine rings is 1. The molecule has 1 aliphatic heterocycles. The summed E-state index contributed by atoms with van der Waals surface area (Å²) in [7, 11) is 0. The molecule has 3 nitrogen and oxygen atoms in total. The second-order valence-electron chi connectivity index (χ2n) is 6.97. The van der Waals surface area contributed by atoms with Gasteiger partial charge in [-0.05, 0) is 70.5 Å². The van der Waals surface area contributed by atoms with Crippen LogP contribution in [0.3, 0.4) is 0 Å². The van der Waals surface area contributed by atoms with E-state index in [2.05, 4.69) is 30.1 Å². The molecule has 0 radical (unpaired) electrons. The Morgan fingerprint density at radius 2 is 1.95 bits per heavy atom. The third-order valence-corrected chi connectivity index (χ3v) is 5.74. The lowest BCUT2D eigenvalue weighted by Gasteiger charge is -2.44. The minimum atomic E-state index is -0.295. The van der Waals surface area contributed by atoms with E-state index >= 15 is 0 Å². The van der Waals surface area contributed by atoms with Crippen molar-refractivity contribution in [1.29, 1.82) is 5.26 Å². The maximum Gasteiger partial charge on any atom is 0.106 e. The Kier molecular flexibility index (Phi) is 6.51. The molecule has 0 spiro atoms. The Morgan fingerprint density at radius 1 is 1.19 bits per heavy atom. The fourth-order valence-electron chi connectivity index (χ4n) is 4.49. The Labute approximate surface area is 131 Å². The van der Waals surface area contributed by atoms with Gasteiger partial charge in [0.05, 0.1) is 6.07 Å².